The number of hydrogen-bond acceptors (Lipinski definition) is 6. The Hall–Kier alpha value is -2.64. The molecule has 10 heteroatoms. The molecule has 2 amide bonds. The molecule has 1 aromatic rings. The number of anilines is 1. The van der Waals surface area contributed by atoms with Gasteiger partial charge in [0.15, 0.2) is 5.84 Å². The van der Waals surface area contributed by atoms with Crippen LogP contribution in [0.25, 0.3) is 0 Å². The number of fused-ring (bicyclic) bond motifs is 1. The summed E-state index contributed by atoms with van der Waals surface area (Å²) in [5, 5.41) is 14.6. The van der Waals surface area contributed by atoms with Gasteiger partial charge < -0.3 is 25.6 Å². The van der Waals surface area contributed by atoms with Gasteiger partial charge in [-0.3, -0.25) is 14.2 Å². The largest absolute Gasteiger partial charge is 0.509 e. The maximum absolute atomic E-state index is 13.7. The summed E-state index contributed by atoms with van der Waals surface area (Å²) in [6.07, 6.45) is 0.730. The average molecular weight is 491 g/mol. The SMILES string of the molecule is CCOP1(=O)N=C(C2=C(O)C(C(C)(C)C)N(CCC(C)(C)C)C2=O)Nc2cc(C(N)=O)ccc21. The van der Waals surface area contributed by atoms with E-state index in [0.717, 1.165) is 6.42 Å². The van der Waals surface area contributed by atoms with E-state index in [2.05, 4.69) is 30.9 Å². The minimum absolute atomic E-state index is 0.0174. The Bertz CT molecular complexity index is 1130. The molecule has 0 spiro atoms. The minimum atomic E-state index is -3.78. The highest BCUT2D eigenvalue weighted by molar-refractivity contribution is 7.66. The van der Waals surface area contributed by atoms with E-state index in [1.807, 2.05) is 20.8 Å². The summed E-state index contributed by atoms with van der Waals surface area (Å²) in [6, 6.07) is 3.81. The second-order valence-corrected chi connectivity index (χ2v) is 12.9. The molecule has 0 saturated carbocycles. The summed E-state index contributed by atoms with van der Waals surface area (Å²) in [5.74, 6) is -1.22. The third-order valence-electron chi connectivity index (χ3n) is 5.84. The molecule has 4 N–H and O–H groups in total. The molecule has 0 aromatic heterocycles. The second kappa shape index (κ2) is 8.86. The van der Waals surface area contributed by atoms with Crippen molar-refractivity contribution in [3.8, 4) is 0 Å². The van der Waals surface area contributed by atoms with Gasteiger partial charge in [0.05, 0.1) is 23.6 Å². The maximum atomic E-state index is 13.7. The molecule has 2 aliphatic rings. The summed E-state index contributed by atoms with van der Waals surface area (Å²) in [6.45, 7) is 14.4. The lowest BCUT2D eigenvalue weighted by molar-refractivity contribution is -0.128. The van der Waals surface area contributed by atoms with E-state index >= 15 is 0 Å². The van der Waals surface area contributed by atoms with Crippen molar-refractivity contribution in [2.45, 2.75) is 60.9 Å². The molecule has 2 atom stereocenters. The first-order valence-electron chi connectivity index (χ1n) is 11.4. The number of amides is 2. The number of aliphatic hydroxyl groups excluding tert-OH is 1. The Morgan fingerprint density at radius 3 is 2.44 bits per heavy atom. The van der Waals surface area contributed by atoms with Crippen molar-refractivity contribution in [2.24, 2.45) is 21.3 Å². The summed E-state index contributed by atoms with van der Waals surface area (Å²) >= 11 is 0. The third kappa shape index (κ3) is 4.91. The maximum Gasteiger partial charge on any atom is 0.348 e. The quantitative estimate of drug-likeness (QED) is 0.517. The Kier molecular flexibility index (Phi) is 6.77. The van der Waals surface area contributed by atoms with Gasteiger partial charge in [0, 0.05) is 12.1 Å². The van der Waals surface area contributed by atoms with Gasteiger partial charge in [0.25, 0.3) is 5.91 Å². The molecule has 0 fully saturated rings. The minimum Gasteiger partial charge on any atom is -0.509 e. The molecule has 0 aliphatic carbocycles. The van der Waals surface area contributed by atoms with Crippen LogP contribution < -0.4 is 16.4 Å². The van der Waals surface area contributed by atoms with Crippen molar-refractivity contribution in [1.29, 1.82) is 0 Å². The van der Waals surface area contributed by atoms with Crippen molar-refractivity contribution in [3.05, 3.63) is 35.1 Å². The lowest BCUT2D eigenvalue weighted by Crippen LogP contribution is -2.45. The van der Waals surface area contributed by atoms with Crippen LogP contribution in [-0.4, -0.2) is 46.8 Å². The van der Waals surface area contributed by atoms with Crippen LogP contribution in [0.2, 0.25) is 0 Å². The Morgan fingerprint density at radius 2 is 1.91 bits per heavy atom. The van der Waals surface area contributed by atoms with Crippen LogP contribution in [0.5, 0.6) is 0 Å². The Morgan fingerprint density at radius 1 is 1.26 bits per heavy atom. The van der Waals surface area contributed by atoms with E-state index in [4.69, 9.17) is 10.3 Å². The number of nitrogens with zero attached hydrogens (tertiary/aromatic N) is 2. The number of carbonyl (C=O) groups excluding carboxylic acids is 2. The number of aliphatic hydroxyl groups is 1. The third-order valence-corrected chi connectivity index (χ3v) is 7.91. The van der Waals surface area contributed by atoms with Crippen LogP contribution in [0.3, 0.4) is 0 Å². The van der Waals surface area contributed by atoms with E-state index in [-0.39, 0.29) is 40.1 Å². The van der Waals surface area contributed by atoms with Gasteiger partial charge in [0.2, 0.25) is 5.91 Å². The van der Waals surface area contributed by atoms with Gasteiger partial charge >= 0.3 is 7.52 Å². The van der Waals surface area contributed by atoms with Crippen molar-refractivity contribution in [1.82, 2.24) is 4.90 Å². The zero-order valence-corrected chi connectivity index (χ0v) is 21.8. The van der Waals surface area contributed by atoms with E-state index in [0.29, 0.717) is 12.2 Å². The van der Waals surface area contributed by atoms with Gasteiger partial charge in [0.1, 0.15) is 11.3 Å². The molecule has 9 nitrogen and oxygen atoms in total. The fourth-order valence-electron chi connectivity index (χ4n) is 4.20. The number of benzene rings is 1. The molecule has 0 radical (unpaired) electrons. The number of rotatable bonds is 6. The van der Waals surface area contributed by atoms with Gasteiger partial charge in [-0.05, 0) is 42.4 Å². The summed E-state index contributed by atoms with van der Waals surface area (Å²) in [7, 11) is -3.78. The molecule has 2 unspecified atom stereocenters. The normalized spacial score (nSPS) is 23.0. The molecular formula is C24H35N4O5P. The van der Waals surface area contributed by atoms with Crippen LogP contribution in [0.4, 0.5) is 5.69 Å². The molecule has 186 valence electrons. The van der Waals surface area contributed by atoms with Gasteiger partial charge in [-0.25, -0.2) is 0 Å². The van der Waals surface area contributed by atoms with Crippen molar-refractivity contribution in [2.75, 3.05) is 18.5 Å². The zero-order valence-electron chi connectivity index (χ0n) is 20.9. The lowest BCUT2D eigenvalue weighted by atomic mass is 9.84. The summed E-state index contributed by atoms with van der Waals surface area (Å²) in [5.41, 5.74) is 5.40. The highest BCUT2D eigenvalue weighted by Gasteiger charge is 2.48. The van der Waals surface area contributed by atoms with Crippen molar-refractivity contribution < 1.29 is 23.8 Å². The number of hydrogen-bond donors (Lipinski definition) is 3. The predicted molar refractivity (Wildman–Crippen MR) is 134 cm³/mol. The smallest absolute Gasteiger partial charge is 0.348 e. The van der Waals surface area contributed by atoms with E-state index < -0.39 is 30.8 Å². The molecule has 2 heterocycles. The Labute approximate surface area is 201 Å². The number of nitrogens with two attached hydrogens (primary N) is 1. The first-order chi connectivity index (χ1) is 15.6. The fourth-order valence-corrected chi connectivity index (χ4v) is 5.96. The fraction of sp³-hybridized carbons (Fsp3) is 0.542. The average Bonchev–Trinajstić information content (AvgIpc) is 2.95. The number of primary amides is 1. The molecule has 0 bridgehead atoms. The second-order valence-electron chi connectivity index (χ2n) is 10.9. The van der Waals surface area contributed by atoms with E-state index in [1.165, 1.54) is 18.2 Å². The predicted octanol–water partition coefficient (Wildman–Crippen LogP) is 3.97. The first kappa shape index (κ1) is 26.0. The molecular weight excluding hydrogens is 455 g/mol. The molecule has 2 aliphatic heterocycles. The van der Waals surface area contributed by atoms with Crippen LogP contribution in [0.1, 0.15) is 65.2 Å². The highest BCUT2D eigenvalue weighted by Crippen LogP contribution is 2.52. The molecule has 1 aromatic carbocycles. The number of amidine groups is 1. The van der Waals surface area contributed by atoms with Crippen molar-refractivity contribution >= 4 is 36.2 Å². The summed E-state index contributed by atoms with van der Waals surface area (Å²) < 4.78 is 23.6. The first-order valence-corrected chi connectivity index (χ1v) is 13.0. The van der Waals surface area contributed by atoms with E-state index in [9.17, 15) is 19.3 Å². The van der Waals surface area contributed by atoms with Crippen LogP contribution in [0.15, 0.2) is 34.3 Å². The summed E-state index contributed by atoms with van der Waals surface area (Å²) in [4.78, 5) is 27.0. The van der Waals surface area contributed by atoms with Crippen molar-refractivity contribution in [3.63, 3.8) is 0 Å². The van der Waals surface area contributed by atoms with E-state index in [1.54, 1.807) is 11.8 Å². The lowest BCUT2D eigenvalue weighted by Gasteiger charge is -2.36. The zero-order chi connectivity index (χ0) is 25.6. The van der Waals surface area contributed by atoms with Gasteiger partial charge in [-0.1, -0.05) is 41.5 Å². The topological polar surface area (TPSA) is 134 Å². The van der Waals surface area contributed by atoms with Crippen LogP contribution in [0, 0.1) is 10.8 Å². The molecule has 3 rings (SSSR count). The van der Waals surface area contributed by atoms with Gasteiger partial charge in [-0.15, -0.1) is 0 Å². The molecule has 34 heavy (non-hydrogen) atoms. The van der Waals surface area contributed by atoms with Crippen LogP contribution in [-0.2, 0) is 13.9 Å². The number of carbonyl (C=O) groups is 2. The monoisotopic (exact) mass is 490 g/mol. The Balaban J connectivity index is 2.13. The highest BCUT2D eigenvalue weighted by atomic mass is 31.2. The number of nitrogens with one attached hydrogen (secondary N) is 1. The van der Waals surface area contributed by atoms with Crippen LogP contribution >= 0.6 is 7.52 Å². The van der Waals surface area contributed by atoms with Gasteiger partial charge in [-0.2, -0.15) is 4.76 Å². The molecule has 0 saturated heterocycles. The standard InChI is InChI=1S/C24H35N4O5P/c1-8-33-34(32)16-10-9-14(20(25)30)13-15(16)26-21(27-34)17-18(29)19(24(5,6)7)28(22(17)31)12-11-23(2,3)4/h9-10,13,19,29H,8,11-12H2,1-7H3,(H2,25,30)(H,26,27,32).